The van der Waals surface area contributed by atoms with Gasteiger partial charge in [0.15, 0.2) is 0 Å². The van der Waals surface area contributed by atoms with Crippen molar-refractivity contribution in [1.29, 1.82) is 0 Å². The zero-order chi connectivity index (χ0) is 15.6. The normalized spacial score (nSPS) is 11.9. The number of hydrogen-bond acceptors (Lipinski definition) is 2. The Bertz CT molecular complexity index is 745. The van der Waals surface area contributed by atoms with Gasteiger partial charge in [-0.1, -0.05) is 12.1 Å². The maximum atomic E-state index is 13.6. The summed E-state index contributed by atoms with van der Waals surface area (Å²) in [5.74, 6) is -2.44. The molecule has 0 N–H and O–H groups in total. The number of rotatable bonds is 4. The van der Waals surface area contributed by atoms with Crippen molar-refractivity contribution in [1.82, 2.24) is 4.31 Å². The smallest absolute Gasteiger partial charge is 0.207 e. The molecule has 0 amide bonds. The summed E-state index contributed by atoms with van der Waals surface area (Å²) in [7, 11) is -2.83. The van der Waals surface area contributed by atoms with Crippen molar-refractivity contribution in [2.24, 2.45) is 0 Å². The lowest BCUT2D eigenvalue weighted by Crippen LogP contribution is -2.27. The Morgan fingerprint density at radius 1 is 0.952 bits per heavy atom. The van der Waals surface area contributed by atoms with Gasteiger partial charge in [0.25, 0.3) is 0 Å². The number of benzene rings is 2. The highest BCUT2D eigenvalue weighted by Crippen LogP contribution is 2.20. The molecule has 2 rings (SSSR count). The molecule has 0 aliphatic carbocycles. The van der Waals surface area contributed by atoms with E-state index in [1.807, 2.05) is 0 Å². The fourth-order valence-electron chi connectivity index (χ4n) is 1.78. The third-order valence-corrected chi connectivity index (χ3v) is 4.74. The van der Waals surface area contributed by atoms with Gasteiger partial charge in [-0.25, -0.2) is 21.6 Å². The van der Waals surface area contributed by atoms with Gasteiger partial charge in [0.05, 0.1) is 0 Å². The molecule has 112 valence electrons. The van der Waals surface area contributed by atoms with E-state index < -0.39 is 32.4 Å². The van der Waals surface area contributed by atoms with Crippen molar-refractivity contribution in [3.8, 4) is 0 Å². The first kappa shape index (κ1) is 15.5. The third-order valence-electron chi connectivity index (χ3n) is 2.90. The lowest BCUT2D eigenvalue weighted by molar-refractivity contribution is 0.458. The molecule has 0 radical (unpaired) electrons. The Hall–Kier alpha value is -1.86. The number of hydrogen-bond donors (Lipinski definition) is 0. The van der Waals surface area contributed by atoms with E-state index in [0.29, 0.717) is 11.6 Å². The van der Waals surface area contributed by atoms with Gasteiger partial charge in [0.2, 0.25) is 10.0 Å². The molecule has 0 aliphatic heterocycles. The van der Waals surface area contributed by atoms with Gasteiger partial charge in [-0.3, -0.25) is 0 Å². The summed E-state index contributed by atoms with van der Waals surface area (Å²) in [6.07, 6.45) is 0. The number of halogens is 3. The van der Waals surface area contributed by atoms with Crippen molar-refractivity contribution >= 4 is 10.0 Å². The Morgan fingerprint density at radius 3 is 2.10 bits per heavy atom. The molecule has 0 atom stereocenters. The Kier molecular flexibility index (Phi) is 4.34. The summed E-state index contributed by atoms with van der Waals surface area (Å²) in [6, 6.07) is 7.54. The average Bonchev–Trinajstić information content (AvgIpc) is 2.40. The van der Waals surface area contributed by atoms with E-state index >= 15 is 0 Å². The molecule has 0 unspecified atom stereocenters. The molecule has 0 saturated heterocycles. The highest BCUT2D eigenvalue weighted by atomic mass is 32.2. The second kappa shape index (κ2) is 5.87. The standard InChI is InChI=1S/C14H12F3NO2S/c1-18(9-10-2-4-11(15)5-3-10)21(19,20)14-7-6-12(16)8-13(14)17/h2-8H,9H2,1H3. The van der Waals surface area contributed by atoms with E-state index in [2.05, 4.69) is 0 Å². The Balaban J connectivity index is 2.28. The SMILES string of the molecule is CN(Cc1ccc(F)cc1)S(=O)(=O)c1ccc(F)cc1F. The lowest BCUT2D eigenvalue weighted by atomic mass is 10.2. The summed E-state index contributed by atoms with van der Waals surface area (Å²) >= 11 is 0. The predicted molar refractivity (Wildman–Crippen MR) is 71.4 cm³/mol. The van der Waals surface area contributed by atoms with Crippen LogP contribution < -0.4 is 0 Å². The fraction of sp³-hybridized carbons (Fsp3) is 0.143. The predicted octanol–water partition coefficient (Wildman–Crippen LogP) is 2.92. The number of sulfonamides is 1. The first-order valence-electron chi connectivity index (χ1n) is 5.96. The van der Waals surface area contributed by atoms with E-state index in [4.69, 9.17) is 0 Å². The van der Waals surface area contributed by atoms with E-state index in [1.165, 1.54) is 31.3 Å². The molecule has 0 fully saturated rings. The van der Waals surface area contributed by atoms with Crippen LogP contribution in [-0.4, -0.2) is 19.8 Å². The van der Waals surface area contributed by atoms with Gasteiger partial charge >= 0.3 is 0 Å². The molecule has 7 heteroatoms. The minimum Gasteiger partial charge on any atom is -0.207 e. The van der Waals surface area contributed by atoms with Gasteiger partial charge in [0.1, 0.15) is 22.3 Å². The highest BCUT2D eigenvalue weighted by Gasteiger charge is 2.24. The zero-order valence-corrected chi connectivity index (χ0v) is 11.9. The monoisotopic (exact) mass is 315 g/mol. The molecular formula is C14H12F3NO2S. The number of nitrogens with zero attached hydrogens (tertiary/aromatic N) is 1. The first-order chi connectivity index (χ1) is 9.80. The molecule has 2 aromatic carbocycles. The van der Waals surface area contributed by atoms with Crippen LogP contribution in [0.2, 0.25) is 0 Å². The fourth-order valence-corrected chi connectivity index (χ4v) is 2.98. The molecule has 0 aliphatic rings. The van der Waals surface area contributed by atoms with Crippen molar-refractivity contribution in [2.75, 3.05) is 7.05 Å². The van der Waals surface area contributed by atoms with Gasteiger partial charge < -0.3 is 0 Å². The Labute approximate surface area is 120 Å². The zero-order valence-electron chi connectivity index (χ0n) is 11.1. The molecule has 3 nitrogen and oxygen atoms in total. The second-order valence-corrected chi connectivity index (χ2v) is 6.48. The maximum absolute atomic E-state index is 13.6. The van der Waals surface area contributed by atoms with Gasteiger partial charge in [-0.05, 0) is 29.8 Å². The van der Waals surface area contributed by atoms with Crippen molar-refractivity contribution in [3.63, 3.8) is 0 Å². The summed E-state index contributed by atoms with van der Waals surface area (Å²) in [5.41, 5.74) is 0.546. The molecule has 0 saturated carbocycles. The highest BCUT2D eigenvalue weighted by molar-refractivity contribution is 7.89. The van der Waals surface area contributed by atoms with Crippen LogP contribution in [0.3, 0.4) is 0 Å². The minimum atomic E-state index is -4.10. The molecule has 0 spiro atoms. The van der Waals surface area contributed by atoms with E-state index in [0.717, 1.165) is 16.4 Å². The van der Waals surface area contributed by atoms with E-state index in [-0.39, 0.29) is 6.54 Å². The van der Waals surface area contributed by atoms with Crippen LogP contribution in [0.15, 0.2) is 47.4 Å². The lowest BCUT2D eigenvalue weighted by Gasteiger charge is -2.17. The van der Waals surface area contributed by atoms with Gasteiger partial charge in [0, 0.05) is 19.7 Å². The van der Waals surface area contributed by atoms with Crippen LogP contribution in [0.5, 0.6) is 0 Å². The summed E-state index contributed by atoms with van der Waals surface area (Å²) in [4.78, 5) is -0.603. The van der Waals surface area contributed by atoms with Crippen LogP contribution >= 0.6 is 0 Å². The first-order valence-corrected chi connectivity index (χ1v) is 7.40. The van der Waals surface area contributed by atoms with E-state index in [9.17, 15) is 21.6 Å². The van der Waals surface area contributed by atoms with Crippen molar-refractivity contribution in [2.45, 2.75) is 11.4 Å². The largest absolute Gasteiger partial charge is 0.246 e. The summed E-state index contributed by atoms with van der Waals surface area (Å²) in [6.45, 7) is -0.0561. The van der Waals surface area contributed by atoms with Crippen LogP contribution in [-0.2, 0) is 16.6 Å². The van der Waals surface area contributed by atoms with Crippen LogP contribution in [0, 0.1) is 17.5 Å². The summed E-state index contributed by atoms with van der Waals surface area (Å²) < 4.78 is 64.6. The van der Waals surface area contributed by atoms with Crippen LogP contribution in [0.1, 0.15) is 5.56 Å². The molecular weight excluding hydrogens is 303 g/mol. The van der Waals surface area contributed by atoms with Crippen molar-refractivity contribution < 1.29 is 21.6 Å². The van der Waals surface area contributed by atoms with Gasteiger partial charge in [-0.2, -0.15) is 4.31 Å². The molecule has 2 aromatic rings. The molecule has 0 bridgehead atoms. The van der Waals surface area contributed by atoms with Gasteiger partial charge in [-0.15, -0.1) is 0 Å². The Morgan fingerprint density at radius 2 is 1.52 bits per heavy atom. The molecule has 21 heavy (non-hydrogen) atoms. The van der Waals surface area contributed by atoms with Crippen LogP contribution in [0.4, 0.5) is 13.2 Å². The molecule has 0 aromatic heterocycles. The minimum absolute atomic E-state index is 0.0561. The van der Waals surface area contributed by atoms with E-state index in [1.54, 1.807) is 0 Å². The van der Waals surface area contributed by atoms with Crippen molar-refractivity contribution in [3.05, 3.63) is 65.5 Å². The summed E-state index contributed by atoms with van der Waals surface area (Å²) in [5, 5.41) is 0. The maximum Gasteiger partial charge on any atom is 0.246 e. The third kappa shape index (κ3) is 3.43. The topological polar surface area (TPSA) is 37.4 Å². The second-order valence-electron chi connectivity index (χ2n) is 4.46. The quantitative estimate of drug-likeness (QED) is 0.870. The average molecular weight is 315 g/mol. The molecule has 0 heterocycles. The van der Waals surface area contributed by atoms with Crippen LogP contribution in [0.25, 0.3) is 0 Å².